The average Bonchev–Trinajstić information content (AvgIpc) is 2.92. The van der Waals surface area contributed by atoms with Crippen molar-refractivity contribution < 1.29 is 14.1 Å². The second kappa shape index (κ2) is 6.76. The first-order valence-corrected chi connectivity index (χ1v) is 6.87. The van der Waals surface area contributed by atoms with E-state index in [4.69, 9.17) is 4.74 Å². The van der Waals surface area contributed by atoms with Crippen LogP contribution in [0.1, 0.15) is 25.3 Å². The molecule has 0 bridgehead atoms. The minimum atomic E-state index is -0.733. The lowest BCUT2D eigenvalue weighted by atomic mass is 10.1. The Labute approximate surface area is 117 Å². The summed E-state index contributed by atoms with van der Waals surface area (Å²) in [6.45, 7) is 4.63. The van der Waals surface area contributed by atoms with E-state index in [1.165, 1.54) is 12.1 Å². The standard InChI is InChI=1S/C14H19FN2O3/c1-2-16(10-12-6-4-8-20-12)9-11-5-3-7-13(14(11)15)17(18)19/h3,5,7,12H,2,4,6,8-10H2,1H3. The zero-order valence-electron chi connectivity index (χ0n) is 11.5. The van der Waals surface area contributed by atoms with Crippen LogP contribution in [0.3, 0.4) is 0 Å². The van der Waals surface area contributed by atoms with Gasteiger partial charge in [-0.1, -0.05) is 19.1 Å². The van der Waals surface area contributed by atoms with E-state index < -0.39 is 16.4 Å². The van der Waals surface area contributed by atoms with E-state index in [1.807, 2.05) is 6.92 Å². The van der Waals surface area contributed by atoms with E-state index in [0.717, 1.165) is 32.5 Å². The fraction of sp³-hybridized carbons (Fsp3) is 0.571. The lowest BCUT2D eigenvalue weighted by Gasteiger charge is -2.23. The normalized spacial score (nSPS) is 18.6. The molecule has 0 amide bonds. The van der Waals surface area contributed by atoms with E-state index in [2.05, 4.69) is 4.90 Å². The first kappa shape index (κ1) is 14.9. The zero-order valence-corrected chi connectivity index (χ0v) is 11.5. The SMILES string of the molecule is CCN(Cc1cccc([N+](=O)[O-])c1F)CC1CCCO1. The van der Waals surface area contributed by atoms with Crippen molar-refractivity contribution >= 4 is 5.69 Å². The van der Waals surface area contributed by atoms with Crippen LogP contribution < -0.4 is 0 Å². The van der Waals surface area contributed by atoms with Gasteiger partial charge in [0.05, 0.1) is 11.0 Å². The molecule has 0 saturated carbocycles. The van der Waals surface area contributed by atoms with Gasteiger partial charge >= 0.3 is 5.69 Å². The summed E-state index contributed by atoms with van der Waals surface area (Å²) in [5.41, 5.74) is -0.102. The van der Waals surface area contributed by atoms with Gasteiger partial charge < -0.3 is 4.74 Å². The van der Waals surface area contributed by atoms with Crippen LogP contribution in [0.2, 0.25) is 0 Å². The number of hydrogen-bond acceptors (Lipinski definition) is 4. The third-order valence-electron chi connectivity index (χ3n) is 3.58. The maximum absolute atomic E-state index is 14.0. The second-order valence-corrected chi connectivity index (χ2v) is 4.97. The molecule has 0 spiro atoms. The molecule has 0 aromatic heterocycles. The minimum Gasteiger partial charge on any atom is -0.377 e. The molecule has 6 heteroatoms. The van der Waals surface area contributed by atoms with E-state index in [0.29, 0.717) is 12.1 Å². The third-order valence-corrected chi connectivity index (χ3v) is 3.58. The fourth-order valence-corrected chi connectivity index (χ4v) is 2.45. The Morgan fingerprint density at radius 2 is 2.35 bits per heavy atom. The molecule has 0 aliphatic carbocycles. The Morgan fingerprint density at radius 3 is 2.95 bits per heavy atom. The van der Waals surface area contributed by atoms with Crippen molar-refractivity contribution in [2.24, 2.45) is 0 Å². The van der Waals surface area contributed by atoms with Crippen LogP contribution in [-0.2, 0) is 11.3 Å². The smallest absolute Gasteiger partial charge is 0.305 e. The van der Waals surface area contributed by atoms with Crippen molar-refractivity contribution in [3.63, 3.8) is 0 Å². The molecule has 110 valence electrons. The number of benzene rings is 1. The van der Waals surface area contributed by atoms with Crippen LogP contribution >= 0.6 is 0 Å². The molecule has 0 N–H and O–H groups in total. The second-order valence-electron chi connectivity index (χ2n) is 4.97. The van der Waals surface area contributed by atoms with Crippen LogP contribution in [0.15, 0.2) is 18.2 Å². The number of ether oxygens (including phenoxy) is 1. The highest BCUT2D eigenvalue weighted by Crippen LogP contribution is 2.22. The summed E-state index contributed by atoms with van der Waals surface area (Å²) in [6, 6.07) is 4.31. The van der Waals surface area contributed by atoms with Crippen molar-refractivity contribution in [3.05, 3.63) is 39.7 Å². The fourth-order valence-electron chi connectivity index (χ4n) is 2.45. The van der Waals surface area contributed by atoms with Gasteiger partial charge in [0, 0.05) is 31.3 Å². The predicted octanol–water partition coefficient (Wildman–Crippen LogP) is 2.73. The Kier molecular flexibility index (Phi) is 5.03. The molecular weight excluding hydrogens is 263 g/mol. The summed E-state index contributed by atoms with van der Waals surface area (Å²) in [5.74, 6) is -0.733. The number of nitro benzene ring substituents is 1. The van der Waals surface area contributed by atoms with Gasteiger partial charge in [-0.25, -0.2) is 0 Å². The highest BCUT2D eigenvalue weighted by Gasteiger charge is 2.21. The van der Waals surface area contributed by atoms with E-state index in [1.54, 1.807) is 6.07 Å². The molecule has 1 saturated heterocycles. The van der Waals surface area contributed by atoms with Gasteiger partial charge in [-0.2, -0.15) is 4.39 Å². The summed E-state index contributed by atoms with van der Waals surface area (Å²) in [4.78, 5) is 12.1. The van der Waals surface area contributed by atoms with Crippen molar-refractivity contribution in [3.8, 4) is 0 Å². The Balaban J connectivity index is 2.06. The molecule has 1 fully saturated rings. The molecule has 1 heterocycles. The predicted molar refractivity (Wildman–Crippen MR) is 73.0 cm³/mol. The zero-order chi connectivity index (χ0) is 14.5. The van der Waals surface area contributed by atoms with E-state index >= 15 is 0 Å². The lowest BCUT2D eigenvalue weighted by Crippen LogP contribution is -2.32. The van der Waals surface area contributed by atoms with Crippen LogP contribution in [0.5, 0.6) is 0 Å². The number of likely N-dealkylation sites (N-methyl/N-ethyl adjacent to an activating group) is 1. The number of nitro groups is 1. The van der Waals surface area contributed by atoms with Crippen molar-refractivity contribution in [2.75, 3.05) is 19.7 Å². The molecule has 5 nitrogen and oxygen atoms in total. The third kappa shape index (κ3) is 3.52. The van der Waals surface area contributed by atoms with Crippen molar-refractivity contribution in [2.45, 2.75) is 32.4 Å². The molecule has 1 aliphatic heterocycles. The monoisotopic (exact) mass is 282 g/mol. The largest absolute Gasteiger partial charge is 0.377 e. The van der Waals surface area contributed by atoms with Crippen LogP contribution in [0.4, 0.5) is 10.1 Å². The summed E-state index contributed by atoms with van der Waals surface area (Å²) >= 11 is 0. The molecule has 1 unspecified atom stereocenters. The van der Waals surface area contributed by atoms with Gasteiger partial charge in [-0.15, -0.1) is 0 Å². The van der Waals surface area contributed by atoms with Crippen molar-refractivity contribution in [1.82, 2.24) is 4.90 Å². The quantitative estimate of drug-likeness (QED) is 0.594. The number of nitrogens with zero attached hydrogens (tertiary/aromatic N) is 2. The van der Waals surface area contributed by atoms with Crippen LogP contribution in [0, 0.1) is 15.9 Å². The summed E-state index contributed by atoms with van der Waals surface area (Å²) in [5, 5.41) is 10.7. The summed E-state index contributed by atoms with van der Waals surface area (Å²) in [7, 11) is 0. The summed E-state index contributed by atoms with van der Waals surface area (Å²) in [6.07, 6.45) is 2.28. The average molecular weight is 282 g/mol. The van der Waals surface area contributed by atoms with Gasteiger partial charge in [-0.05, 0) is 19.4 Å². The molecule has 2 rings (SSSR count). The first-order valence-electron chi connectivity index (χ1n) is 6.87. The van der Waals surface area contributed by atoms with Gasteiger partial charge in [-0.3, -0.25) is 15.0 Å². The van der Waals surface area contributed by atoms with Crippen molar-refractivity contribution in [1.29, 1.82) is 0 Å². The number of hydrogen-bond donors (Lipinski definition) is 0. The van der Waals surface area contributed by atoms with E-state index in [9.17, 15) is 14.5 Å². The van der Waals surface area contributed by atoms with Gasteiger partial charge in [0.2, 0.25) is 5.82 Å². The highest BCUT2D eigenvalue weighted by molar-refractivity contribution is 5.36. The number of rotatable bonds is 6. The molecular formula is C14H19FN2O3. The molecule has 1 aromatic carbocycles. The minimum absolute atomic E-state index is 0.191. The number of halogens is 1. The van der Waals surface area contributed by atoms with E-state index in [-0.39, 0.29) is 6.10 Å². The summed E-state index contributed by atoms with van der Waals surface area (Å²) < 4.78 is 19.6. The maximum Gasteiger partial charge on any atom is 0.305 e. The Morgan fingerprint density at radius 1 is 1.55 bits per heavy atom. The highest BCUT2D eigenvalue weighted by atomic mass is 19.1. The molecule has 20 heavy (non-hydrogen) atoms. The molecule has 1 aromatic rings. The lowest BCUT2D eigenvalue weighted by molar-refractivity contribution is -0.387. The maximum atomic E-state index is 14.0. The first-order chi connectivity index (χ1) is 9.61. The topological polar surface area (TPSA) is 55.6 Å². The van der Waals surface area contributed by atoms with Gasteiger partial charge in [0.15, 0.2) is 0 Å². The van der Waals surface area contributed by atoms with Crippen LogP contribution in [0.25, 0.3) is 0 Å². The molecule has 1 aliphatic rings. The van der Waals surface area contributed by atoms with Gasteiger partial charge in [0.1, 0.15) is 0 Å². The molecule has 0 radical (unpaired) electrons. The van der Waals surface area contributed by atoms with Gasteiger partial charge in [0.25, 0.3) is 0 Å². The molecule has 1 atom stereocenters. The Hall–Kier alpha value is -1.53. The van der Waals surface area contributed by atoms with Crippen LogP contribution in [-0.4, -0.2) is 35.6 Å². The Bertz CT molecular complexity index is 475.